The second kappa shape index (κ2) is 3.13. The molecule has 1 rings (SSSR count). The van der Waals surface area contributed by atoms with E-state index >= 15 is 0 Å². The van der Waals surface area contributed by atoms with Gasteiger partial charge in [-0.05, 0) is 6.42 Å². The molecule has 1 fully saturated rings. The lowest BCUT2D eigenvalue weighted by Gasteiger charge is -2.36. The van der Waals surface area contributed by atoms with Crippen molar-refractivity contribution in [2.24, 2.45) is 0 Å². The summed E-state index contributed by atoms with van der Waals surface area (Å²) in [6, 6.07) is 0.181. The van der Waals surface area contributed by atoms with Gasteiger partial charge in [0.1, 0.15) is 0 Å². The SMILES string of the molecule is CCC1CN(C)C(=O)C(=O)N1C. The Kier molecular flexibility index (Phi) is 2.35. The van der Waals surface area contributed by atoms with Crippen molar-refractivity contribution in [3.8, 4) is 0 Å². The van der Waals surface area contributed by atoms with Crippen LogP contribution in [-0.4, -0.2) is 48.3 Å². The summed E-state index contributed by atoms with van der Waals surface area (Å²) in [5.41, 5.74) is 0. The monoisotopic (exact) mass is 170 g/mol. The van der Waals surface area contributed by atoms with E-state index in [1.54, 1.807) is 14.1 Å². The number of amides is 2. The number of carbonyl (C=O) groups is 2. The van der Waals surface area contributed by atoms with Crippen molar-refractivity contribution in [2.45, 2.75) is 19.4 Å². The molecule has 0 N–H and O–H groups in total. The zero-order chi connectivity index (χ0) is 9.30. The third kappa shape index (κ3) is 1.29. The summed E-state index contributed by atoms with van der Waals surface area (Å²) in [6.45, 7) is 2.66. The molecule has 12 heavy (non-hydrogen) atoms. The Morgan fingerprint density at radius 1 is 1.33 bits per heavy atom. The van der Waals surface area contributed by atoms with Crippen LogP contribution in [0.15, 0.2) is 0 Å². The zero-order valence-corrected chi connectivity index (χ0v) is 7.70. The molecule has 68 valence electrons. The number of nitrogens with zero attached hydrogens (tertiary/aromatic N) is 2. The third-order valence-corrected chi connectivity index (χ3v) is 2.35. The number of carbonyl (C=O) groups excluding carboxylic acids is 2. The number of hydrogen-bond donors (Lipinski definition) is 0. The molecule has 4 heteroatoms. The van der Waals surface area contributed by atoms with E-state index < -0.39 is 11.8 Å². The van der Waals surface area contributed by atoms with Crippen LogP contribution in [0.4, 0.5) is 0 Å². The van der Waals surface area contributed by atoms with Gasteiger partial charge in [0.2, 0.25) is 0 Å². The molecule has 1 atom stereocenters. The zero-order valence-electron chi connectivity index (χ0n) is 7.70. The van der Waals surface area contributed by atoms with Crippen molar-refractivity contribution in [1.29, 1.82) is 0 Å². The van der Waals surface area contributed by atoms with E-state index in [1.807, 2.05) is 6.92 Å². The molecular weight excluding hydrogens is 156 g/mol. The van der Waals surface area contributed by atoms with Crippen LogP contribution in [0, 0.1) is 0 Å². The summed E-state index contributed by atoms with van der Waals surface area (Å²) < 4.78 is 0. The van der Waals surface area contributed by atoms with Gasteiger partial charge in [-0.2, -0.15) is 0 Å². The average Bonchev–Trinajstić information content (AvgIpc) is 2.08. The van der Waals surface area contributed by atoms with E-state index in [0.717, 1.165) is 6.42 Å². The van der Waals surface area contributed by atoms with Crippen molar-refractivity contribution in [3.05, 3.63) is 0 Å². The molecule has 0 radical (unpaired) electrons. The van der Waals surface area contributed by atoms with Crippen molar-refractivity contribution in [3.63, 3.8) is 0 Å². The molecule has 4 nitrogen and oxygen atoms in total. The summed E-state index contributed by atoms with van der Waals surface area (Å²) in [5, 5.41) is 0. The van der Waals surface area contributed by atoms with Crippen LogP contribution in [0.5, 0.6) is 0 Å². The standard InChI is InChI=1S/C8H14N2O2/c1-4-6-5-9(2)7(11)8(12)10(6)3/h6H,4-5H2,1-3H3. The number of piperazine rings is 1. The van der Waals surface area contributed by atoms with E-state index in [0.29, 0.717) is 6.54 Å². The molecule has 0 aromatic carbocycles. The van der Waals surface area contributed by atoms with Gasteiger partial charge in [0.25, 0.3) is 0 Å². The fourth-order valence-corrected chi connectivity index (χ4v) is 1.40. The van der Waals surface area contributed by atoms with Crippen LogP contribution in [0.1, 0.15) is 13.3 Å². The maximum absolute atomic E-state index is 11.2. The Labute approximate surface area is 72.1 Å². The van der Waals surface area contributed by atoms with Gasteiger partial charge in [-0.15, -0.1) is 0 Å². The molecule has 1 aliphatic heterocycles. The second-order valence-corrected chi connectivity index (χ2v) is 3.16. The minimum atomic E-state index is -0.401. The maximum Gasteiger partial charge on any atom is 0.312 e. The molecule has 0 aromatic rings. The van der Waals surface area contributed by atoms with Crippen LogP contribution in [-0.2, 0) is 9.59 Å². The summed E-state index contributed by atoms with van der Waals surface area (Å²) in [6.07, 6.45) is 0.889. The smallest absolute Gasteiger partial charge is 0.312 e. The fourth-order valence-electron chi connectivity index (χ4n) is 1.40. The molecule has 2 amide bonds. The largest absolute Gasteiger partial charge is 0.335 e. The normalized spacial score (nSPS) is 25.1. The van der Waals surface area contributed by atoms with Gasteiger partial charge < -0.3 is 9.80 Å². The summed E-state index contributed by atoms with van der Waals surface area (Å²) >= 11 is 0. The third-order valence-electron chi connectivity index (χ3n) is 2.35. The maximum atomic E-state index is 11.2. The quantitative estimate of drug-likeness (QED) is 0.507. The lowest BCUT2D eigenvalue weighted by Crippen LogP contribution is -2.56. The van der Waals surface area contributed by atoms with Crippen LogP contribution in [0.2, 0.25) is 0 Å². The molecular formula is C8H14N2O2. The minimum Gasteiger partial charge on any atom is -0.335 e. The van der Waals surface area contributed by atoms with Crippen LogP contribution in [0.3, 0.4) is 0 Å². The minimum absolute atomic E-state index is 0.181. The van der Waals surface area contributed by atoms with Crippen LogP contribution >= 0.6 is 0 Å². The van der Waals surface area contributed by atoms with Gasteiger partial charge in [-0.25, -0.2) is 0 Å². The molecule has 0 aromatic heterocycles. The van der Waals surface area contributed by atoms with Gasteiger partial charge in [-0.3, -0.25) is 9.59 Å². The first kappa shape index (κ1) is 9.03. The Hall–Kier alpha value is -1.06. The fraction of sp³-hybridized carbons (Fsp3) is 0.750. The van der Waals surface area contributed by atoms with Gasteiger partial charge in [0.05, 0.1) is 0 Å². The Morgan fingerprint density at radius 3 is 2.42 bits per heavy atom. The predicted molar refractivity (Wildman–Crippen MR) is 44.5 cm³/mol. The summed E-state index contributed by atoms with van der Waals surface area (Å²) in [7, 11) is 3.34. The lowest BCUT2D eigenvalue weighted by atomic mass is 10.1. The van der Waals surface area contributed by atoms with Crippen LogP contribution < -0.4 is 0 Å². The first-order valence-electron chi connectivity index (χ1n) is 4.10. The van der Waals surface area contributed by atoms with Gasteiger partial charge in [0, 0.05) is 26.7 Å². The highest BCUT2D eigenvalue weighted by atomic mass is 16.2. The first-order chi connectivity index (χ1) is 5.57. The topological polar surface area (TPSA) is 40.6 Å². The molecule has 1 heterocycles. The van der Waals surface area contributed by atoms with E-state index in [-0.39, 0.29) is 6.04 Å². The highest BCUT2D eigenvalue weighted by Gasteiger charge is 2.33. The molecule has 0 aliphatic carbocycles. The Bertz CT molecular complexity index is 215. The van der Waals surface area contributed by atoms with Crippen LogP contribution in [0.25, 0.3) is 0 Å². The van der Waals surface area contributed by atoms with E-state index in [4.69, 9.17) is 0 Å². The van der Waals surface area contributed by atoms with E-state index in [9.17, 15) is 9.59 Å². The van der Waals surface area contributed by atoms with Crippen molar-refractivity contribution in [1.82, 2.24) is 9.80 Å². The van der Waals surface area contributed by atoms with Crippen molar-refractivity contribution >= 4 is 11.8 Å². The molecule has 1 aliphatic rings. The number of likely N-dealkylation sites (N-methyl/N-ethyl adjacent to an activating group) is 2. The molecule has 1 saturated heterocycles. The lowest BCUT2D eigenvalue weighted by molar-refractivity contribution is -0.156. The second-order valence-electron chi connectivity index (χ2n) is 3.16. The average molecular weight is 170 g/mol. The summed E-state index contributed by atoms with van der Waals surface area (Å²) in [5.74, 6) is -0.794. The van der Waals surface area contributed by atoms with Crippen molar-refractivity contribution < 1.29 is 9.59 Å². The molecule has 1 unspecified atom stereocenters. The van der Waals surface area contributed by atoms with E-state index in [1.165, 1.54) is 9.80 Å². The highest BCUT2D eigenvalue weighted by molar-refractivity contribution is 6.35. The van der Waals surface area contributed by atoms with Gasteiger partial charge in [-0.1, -0.05) is 6.92 Å². The first-order valence-corrected chi connectivity index (χ1v) is 4.10. The summed E-state index contributed by atoms with van der Waals surface area (Å²) in [4.78, 5) is 25.4. The predicted octanol–water partition coefficient (Wildman–Crippen LogP) is -0.305. The molecule has 0 bridgehead atoms. The van der Waals surface area contributed by atoms with Gasteiger partial charge >= 0.3 is 11.8 Å². The molecule has 0 spiro atoms. The molecule has 0 saturated carbocycles. The number of hydrogen-bond acceptors (Lipinski definition) is 2. The highest BCUT2D eigenvalue weighted by Crippen LogP contribution is 2.10. The van der Waals surface area contributed by atoms with Crippen molar-refractivity contribution in [2.75, 3.05) is 20.6 Å². The Balaban J connectivity index is 2.77. The number of rotatable bonds is 1. The van der Waals surface area contributed by atoms with E-state index in [2.05, 4.69) is 0 Å². The van der Waals surface area contributed by atoms with Gasteiger partial charge in [0.15, 0.2) is 0 Å². The Morgan fingerprint density at radius 2 is 1.92 bits per heavy atom.